The van der Waals surface area contributed by atoms with Crippen LogP contribution in [0.5, 0.6) is 0 Å². The van der Waals surface area contributed by atoms with Crippen molar-refractivity contribution in [3.8, 4) is 0 Å². The number of carbonyl (C=O) groups excluding carboxylic acids is 1. The molecule has 3 heteroatoms. The Bertz CT molecular complexity index is 385. The fraction of sp³-hybridized carbons (Fsp3) is 0.273. The van der Waals surface area contributed by atoms with E-state index in [2.05, 4.69) is 10.5 Å². The van der Waals surface area contributed by atoms with Gasteiger partial charge in [0.15, 0.2) is 0 Å². The topological polar surface area (TPSA) is 41.5 Å². The van der Waals surface area contributed by atoms with Crippen LogP contribution in [0.1, 0.15) is 30.5 Å². The molecule has 0 saturated heterocycles. The molecule has 0 bridgehead atoms. The molecule has 0 amide bonds. The first-order valence-corrected chi connectivity index (χ1v) is 4.64. The van der Waals surface area contributed by atoms with E-state index in [1.54, 1.807) is 13.1 Å². The van der Waals surface area contributed by atoms with Crippen LogP contribution in [0.25, 0.3) is 0 Å². The van der Waals surface area contributed by atoms with Crippen LogP contribution in [0.3, 0.4) is 0 Å². The average molecular weight is 188 g/mol. The van der Waals surface area contributed by atoms with Gasteiger partial charge in [0.2, 0.25) is 0 Å². The Hall–Kier alpha value is -1.64. The van der Waals surface area contributed by atoms with Gasteiger partial charge in [-0.05, 0) is 18.1 Å². The molecule has 1 aromatic rings. The maximum Gasteiger partial charge on any atom is 0.132 e. The van der Waals surface area contributed by atoms with Crippen molar-refractivity contribution >= 4 is 12.0 Å². The number of nitrogens with zero attached hydrogens (tertiary/aromatic N) is 1. The van der Waals surface area contributed by atoms with Crippen molar-refractivity contribution in [2.45, 2.75) is 19.4 Å². The minimum atomic E-state index is 0.0358. The number of hydrogen-bond donors (Lipinski definition) is 1. The molecule has 0 saturated carbocycles. The van der Waals surface area contributed by atoms with E-state index in [-0.39, 0.29) is 11.8 Å². The molecule has 1 aliphatic heterocycles. The number of carbonyl (C=O) groups is 1. The lowest BCUT2D eigenvalue weighted by atomic mass is 9.97. The molecule has 3 nitrogen and oxygen atoms in total. The third kappa shape index (κ3) is 1.66. The maximum atomic E-state index is 11.0. The van der Waals surface area contributed by atoms with Crippen LogP contribution in [-0.2, 0) is 4.79 Å². The van der Waals surface area contributed by atoms with Crippen molar-refractivity contribution < 1.29 is 4.79 Å². The predicted octanol–water partition coefficient (Wildman–Crippen LogP) is 1.64. The van der Waals surface area contributed by atoms with Crippen LogP contribution in [0.4, 0.5) is 0 Å². The minimum Gasteiger partial charge on any atom is -0.302 e. The third-order valence-corrected chi connectivity index (χ3v) is 2.30. The van der Waals surface area contributed by atoms with E-state index < -0.39 is 0 Å². The summed E-state index contributed by atoms with van der Waals surface area (Å²) < 4.78 is 0. The summed E-state index contributed by atoms with van der Waals surface area (Å²) in [6.45, 7) is 1.60. The molecule has 1 atom stereocenters. The van der Waals surface area contributed by atoms with Crippen molar-refractivity contribution in [2.24, 2.45) is 5.10 Å². The molecule has 72 valence electrons. The van der Waals surface area contributed by atoms with E-state index in [0.29, 0.717) is 6.42 Å². The summed E-state index contributed by atoms with van der Waals surface area (Å²) in [6.07, 6.45) is 2.28. The molecule has 0 radical (unpaired) electrons. The zero-order valence-corrected chi connectivity index (χ0v) is 8.03. The van der Waals surface area contributed by atoms with Gasteiger partial charge in [0.25, 0.3) is 0 Å². The quantitative estimate of drug-likeness (QED) is 0.766. The number of ketones is 1. The highest BCUT2D eigenvalue weighted by molar-refractivity contribution is 5.84. The molecule has 0 aliphatic carbocycles. The summed E-state index contributed by atoms with van der Waals surface area (Å²) in [5.74, 6) is 0.175. The van der Waals surface area contributed by atoms with Gasteiger partial charge in [-0.25, -0.2) is 0 Å². The van der Waals surface area contributed by atoms with E-state index in [0.717, 1.165) is 11.1 Å². The van der Waals surface area contributed by atoms with Gasteiger partial charge in [0, 0.05) is 6.42 Å². The first-order valence-electron chi connectivity index (χ1n) is 4.64. The molecule has 1 unspecified atom stereocenters. The van der Waals surface area contributed by atoms with Gasteiger partial charge in [0.1, 0.15) is 5.78 Å². The van der Waals surface area contributed by atoms with Gasteiger partial charge in [-0.2, -0.15) is 5.10 Å². The summed E-state index contributed by atoms with van der Waals surface area (Å²) in [6, 6.07) is 8.02. The predicted molar refractivity (Wildman–Crippen MR) is 55.2 cm³/mol. The zero-order chi connectivity index (χ0) is 9.97. The van der Waals surface area contributed by atoms with Gasteiger partial charge in [-0.1, -0.05) is 24.3 Å². The molecular formula is C11H12N2O. The lowest BCUT2D eigenvalue weighted by molar-refractivity contribution is -0.117. The van der Waals surface area contributed by atoms with Crippen molar-refractivity contribution in [3.63, 3.8) is 0 Å². The molecule has 2 rings (SSSR count). The van der Waals surface area contributed by atoms with Gasteiger partial charge in [-0.3, -0.25) is 4.79 Å². The van der Waals surface area contributed by atoms with Crippen molar-refractivity contribution in [1.82, 2.24) is 5.43 Å². The normalized spacial score (nSPS) is 18.5. The lowest BCUT2D eigenvalue weighted by Crippen LogP contribution is -2.23. The smallest absolute Gasteiger partial charge is 0.132 e. The molecular weight excluding hydrogens is 176 g/mol. The Morgan fingerprint density at radius 1 is 1.50 bits per heavy atom. The van der Waals surface area contributed by atoms with Crippen molar-refractivity contribution in [1.29, 1.82) is 0 Å². The van der Waals surface area contributed by atoms with E-state index in [9.17, 15) is 4.79 Å². The highest BCUT2D eigenvalue weighted by atomic mass is 16.1. The van der Waals surface area contributed by atoms with Gasteiger partial charge in [-0.15, -0.1) is 0 Å². The number of hydrogen-bond acceptors (Lipinski definition) is 3. The molecule has 1 aromatic carbocycles. The van der Waals surface area contributed by atoms with E-state index in [1.807, 2.05) is 24.3 Å². The number of benzene rings is 1. The Morgan fingerprint density at radius 2 is 2.29 bits per heavy atom. The van der Waals surface area contributed by atoms with Crippen molar-refractivity contribution in [2.75, 3.05) is 0 Å². The van der Waals surface area contributed by atoms with Crippen LogP contribution < -0.4 is 5.43 Å². The molecule has 1 N–H and O–H groups in total. The Balaban J connectivity index is 2.31. The van der Waals surface area contributed by atoms with Gasteiger partial charge < -0.3 is 5.43 Å². The summed E-state index contributed by atoms with van der Waals surface area (Å²) in [5.41, 5.74) is 5.20. The second-order valence-electron chi connectivity index (χ2n) is 3.47. The summed E-state index contributed by atoms with van der Waals surface area (Å²) in [4.78, 5) is 11.0. The Morgan fingerprint density at radius 3 is 3.07 bits per heavy atom. The van der Waals surface area contributed by atoms with Crippen molar-refractivity contribution in [3.05, 3.63) is 35.4 Å². The second kappa shape index (κ2) is 3.62. The average Bonchev–Trinajstić information content (AvgIpc) is 2.18. The SMILES string of the molecule is CC(=O)CC1NN=Cc2ccccc21. The number of hydrazone groups is 1. The first kappa shape index (κ1) is 8.94. The van der Waals surface area contributed by atoms with Crippen LogP contribution in [0.15, 0.2) is 29.4 Å². The summed E-state index contributed by atoms with van der Waals surface area (Å²) >= 11 is 0. The highest BCUT2D eigenvalue weighted by Crippen LogP contribution is 2.22. The minimum absolute atomic E-state index is 0.0358. The van der Waals surface area contributed by atoms with E-state index >= 15 is 0 Å². The first-order chi connectivity index (χ1) is 6.77. The van der Waals surface area contributed by atoms with Gasteiger partial charge >= 0.3 is 0 Å². The number of fused-ring (bicyclic) bond motifs is 1. The number of nitrogens with one attached hydrogen (secondary N) is 1. The molecule has 0 spiro atoms. The monoisotopic (exact) mass is 188 g/mol. The molecule has 0 aromatic heterocycles. The molecule has 1 aliphatic rings. The Kier molecular flexibility index (Phi) is 2.31. The van der Waals surface area contributed by atoms with Crippen LogP contribution in [0, 0.1) is 0 Å². The van der Waals surface area contributed by atoms with Gasteiger partial charge in [0.05, 0.1) is 12.3 Å². The summed E-state index contributed by atoms with van der Waals surface area (Å²) in [7, 11) is 0. The van der Waals surface area contributed by atoms with Crippen LogP contribution in [-0.4, -0.2) is 12.0 Å². The largest absolute Gasteiger partial charge is 0.302 e. The van der Waals surface area contributed by atoms with Crippen LogP contribution >= 0.6 is 0 Å². The van der Waals surface area contributed by atoms with E-state index in [1.165, 1.54) is 0 Å². The molecule has 1 heterocycles. The zero-order valence-electron chi connectivity index (χ0n) is 8.03. The highest BCUT2D eigenvalue weighted by Gasteiger charge is 2.17. The standard InChI is InChI=1S/C11H12N2O/c1-8(14)6-11-10-5-3-2-4-9(10)7-12-13-11/h2-5,7,11,13H,6H2,1H3. The molecule has 0 fully saturated rings. The fourth-order valence-electron chi connectivity index (χ4n) is 1.66. The maximum absolute atomic E-state index is 11.0. The summed E-state index contributed by atoms with van der Waals surface area (Å²) in [5, 5.41) is 4.03. The Labute approximate surface area is 82.8 Å². The van der Waals surface area contributed by atoms with E-state index in [4.69, 9.17) is 0 Å². The number of rotatable bonds is 2. The van der Waals surface area contributed by atoms with Crippen LogP contribution in [0.2, 0.25) is 0 Å². The second-order valence-corrected chi connectivity index (χ2v) is 3.47. The molecule has 14 heavy (non-hydrogen) atoms. The number of Topliss-reactive ketones (excluding diaryl/α,β-unsaturated/α-hetero) is 1. The third-order valence-electron chi connectivity index (χ3n) is 2.30. The lowest BCUT2D eigenvalue weighted by Gasteiger charge is -2.21. The fourth-order valence-corrected chi connectivity index (χ4v) is 1.66.